The van der Waals surface area contributed by atoms with Crippen LogP contribution in [0.2, 0.25) is 0 Å². The number of sulfonamides is 1. The molecule has 0 unspecified atom stereocenters. The Balaban J connectivity index is 1.46. The number of benzene rings is 1. The molecular formula is C19H26N4O4S. The number of amides is 1. The lowest BCUT2D eigenvalue weighted by Gasteiger charge is -2.34. The average Bonchev–Trinajstić information content (AvgIpc) is 3.16. The third-order valence-corrected chi connectivity index (χ3v) is 6.34. The summed E-state index contributed by atoms with van der Waals surface area (Å²) < 4.78 is 33.7. The van der Waals surface area contributed by atoms with E-state index < -0.39 is 10.0 Å². The summed E-state index contributed by atoms with van der Waals surface area (Å²) >= 11 is 0. The summed E-state index contributed by atoms with van der Waals surface area (Å²) in [5.41, 5.74) is 1.77. The number of ether oxygens (including phenoxy) is 1. The second-order valence-corrected chi connectivity index (χ2v) is 9.12. The summed E-state index contributed by atoms with van der Waals surface area (Å²) in [6.07, 6.45) is 3.49. The van der Waals surface area contributed by atoms with Crippen LogP contribution in [-0.4, -0.2) is 66.0 Å². The van der Waals surface area contributed by atoms with E-state index in [0.29, 0.717) is 13.1 Å². The number of nitrogens with zero attached hydrogens (tertiary/aromatic N) is 3. The number of carbonyl (C=O) groups is 1. The van der Waals surface area contributed by atoms with Crippen molar-refractivity contribution in [2.24, 2.45) is 0 Å². The number of hydrogen-bond acceptors (Lipinski definition) is 5. The van der Waals surface area contributed by atoms with Crippen LogP contribution in [0.4, 0.5) is 0 Å². The average molecular weight is 407 g/mol. The molecule has 1 aromatic heterocycles. The minimum Gasteiger partial charge on any atom is -0.373 e. The van der Waals surface area contributed by atoms with Crippen LogP contribution in [0.15, 0.2) is 42.7 Å². The van der Waals surface area contributed by atoms with Crippen molar-refractivity contribution in [3.8, 4) is 5.69 Å². The third kappa shape index (κ3) is 5.40. The van der Waals surface area contributed by atoms with Gasteiger partial charge in [-0.25, -0.2) is 13.1 Å². The summed E-state index contributed by atoms with van der Waals surface area (Å²) in [4.78, 5) is 12.1. The monoisotopic (exact) mass is 406 g/mol. The Hall–Kier alpha value is -2.23. The van der Waals surface area contributed by atoms with Gasteiger partial charge in [0.2, 0.25) is 15.9 Å². The lowest BCUT2D eigenvalue weighted by molar-refractivity contribution is -0.120. The van der Waals surface area contributed by atoms with Crippen molar-refractivity contribution in [2.75, 3.05) is 25.4 Å². The lowest BCUT2D eigenvalue weighted by Crippen LogP contribution is -2.49. The summed E-state index contributed by atoms with van der Waals surface area (Å²) in [6.45, 7) is 4.51. The first-order valence-corrected chi connectivity index (χ1v) is 10.9. The topological polar surface area (TPSA) is 93.5 Å². The molecule has 1 aliphatic rings. The van der Waals surface area contributed by atoms with Gasteiger partial charge in [-0.15, -0.1) is 0 Å². The van der Waals surface area contributed by atoms with Crippen molar-refractivity contribution in [1.82, 2.24) is 19.4 Å². The fraction of sp³-hybridized carbons (Fsp3) is 0.474. The van der Waals surface area contributed by atoms with Crippen LogP contribution in [-0.2, 0) is 26.0 Å². The van der Waals surface area contributed by atoms with Gasteiger partial charge >= 0.3 is 0 Å². The summed E-state index contributed by atoms with van der Waals surface area (Å²) in [5.74, 6) is -0.318. The molecule has 0 aliphatic carbocycles. The minimum atomic E-state index is -3.42. The Morgan fingerprint density at radius 2 is 1.89 bits per heavy atom. The fourth-order valence-corrected chi connectivity index (χ4v) is 4.73. The molecule has 2 atom stereocenters. The van der Waals surface area contributed by atoms with Crippen LogP contribution in [0.3, 0.4) is 0 Å². The van der Waals surface area contributed by atoms with E-state index in [4.69, 9.17) is 4.74 Å². The lowest BCUT2D eigenvalue weighted by atomic mass is 10.1. The van der Waals surface area contributed by atoms with Crippen LogP contribution >= 0.6 is 0 Å². The summed E-state index contributed by atoms with van der Waals surface area (Å²) in [5, 5.41) is 6.85. The molecule has 1 aromatic carbocycles. The van der Waals surface area contributed by atoms with Crippen LogP contribution in [0.5, 0.6) is 0 Å². The van der Waals surface area contributed by atoms with Crippen molar-refractivity contribution in [3.05, 3.63) is 48.3 Å². The first-order valence-electron chi connectivity index (χ1n) is 9.32. The van der Waals surface area contributed by atoms with Crippen molar-refractivity contribution in [2.45, 2.75) is 32.5 Å². The second kappa shape index (κ2) is 8.85. The third-order valence-electron chi connectivity index (χ3n) is 4.53. The predicted octanol–water partition coefficient (Wildman–Crippen LogP) is 0.970. The molecular weight excluding hydrogens is 380 g/mol. The van der Waals surface area contributed by atoms with Gasteiger partial charge in [0, 0.05) is 32.0 Å². The van der Waals surface area contributed by atoms with Crippen molar-refractivity contribution < 1.29 is 17.9 Å². The molecule has 0 spiro atoms. The Morgan fingerprint density at radius 1 is 1.21 bits per heavy atom. The van der Waals surface area contributed by atoms with Crippen LogP contribution in [0, 0.1) is 0 Å². The van der Waals surface area contributed by atoms with E-state index in [1.807, 2.05) is 50.4 Å². The van der Waals surface area contributed by atoms with Crippen LogP contribution < -0.4 is 5.32 Å². The highest BCUT2D eigenvalue weighted by atomic mass is 32.2. The van der Waals surface area contributed by atoms with E-state index in [2.05, 4.69) is 10.4 Å². The molecule has 2 heterocycles. The SMILES string of the molecule is C[C@H]1CN(S(=O)(=O)CCNC(=O)Cc2ccc(-n3cccn3)cc2)C[C@H](C)O1. The van der Waals surface area contributed by atoms with E-state index in [9.17, 15) is 13.2 Å². The molecule has 1 fully saturated rings. The normalized spacial score (nSPS) is 20.8. The first kappa shape index (κ1) is 20.5. The van der Waals surface area contributed by atoms with E-state index in [-0.39, 0.29) is 36.8 Å². The highest BCUT2D eigenvalue weighted by molar-refractivity contribution is 7.89. The maximum atomic E-state index is 12.5. The molecule has 1 amide bonds. The zero-order valence-corrected chi connectivity index (χ0v) is 16.9. The quantitative estimate of drug-likeness (QED) is 0.740. The number of nitrogens with one attached hydrogen (secondary N) is 1. The number of aromatic nitrogens is 2. The zero-order valence-electron chi connectivity index (χ0n) is 16.1. The zero-order chi connectivity index (χ0) is 20.1. The van der Waals surface area contributed by atoms with Gasteiger partial charge in [0.15, 0.2) is 0 Å². The number of morpholine rings is 1. The Labute approximate surface area is 165 Å². The van der Waals surface area contributed by atoms with Crippen LogP contribution in [0.25, 0.3) is 5.69 Å². The second-order valence-electron chi connectivity index (χ2n) is 7.03. The van der Waals surface area contributed by atoms with Gasteiger partial charge in [-0.3, -0.25) is 4.79 Å². The van der Waals surface area contributed by atoms with E-state index in [1.54, 1.807) is 10.9 Å². The predicted molar refractivity (Wildman–Crippen MR) is 106 cm³/mol. The van der Waals surface area contributed by atoms with E-state index in [0.717, 1.165) is 11.3 Å². The molecule has 152 valence electrons. The molecule has 8 nitrogen and oxygen atoms in total. The first-order chi connectivity index (χ1) is 13.3. The Morgan fingerprint density at radius 3 is 2.50 bits per heavy atom. The van der Waals surface area contributed by atoms with E-state index >= 15 is 0 Å². The molecule has 2 aromatic rings. The highest BCUT2D eigenvalue weighted by Gasteiger charge is 2.30. The molecule has 0 radical (unpaired) electrons. The molecule has 28 heavy (non-hydrogen) atoms. The van der Waals surface area contributed by atoms with Gasteiger partial charge in [0.1, 0.15) is 0 Å². The molecule has 1 N–H and O–H groups in total. The van der Waals surface area contributed by atoms with Gasteiger partial charge in [0.25, 0.3) is 0 Å². The molecule has 3 rings (SSSR count). The molecule has 1 saturated heterocycles. The number of rotatable bonds is 7. The van der Waals surface area contributed by atoms with Gasteiger partial charge in [0.05, 0.1) is 30.1 Å². The maximum absolute atomic E-state index is 12.5. The standard InChI is InChI=1S/C19H26N4O4S/c1-15-13-22(14-16(2)27-15)28(25,26)11-9-20-19(24)12-17-4-6-18(7-5-17)23-10-3-8-21-23/h3-8,10,15-16H,9,11-14H2,1-2H3,(H,20,24)/t15-,16-/m0/s1. The van der Waals surface area contributed by atoms with Gasteiger partial charge < -0.3 is 10.1 Å². The number of hydrogen-bond donors (Lipinski definition) is 1. The summed E-state index contributed by atoms with van der Waals surface area (Å²) in [7, 11) is -3.42. The Kier molecular flexibility index (Phi) is 6.48. The molecule has 0 saturated carbocycles. The van der Waals surface area contributed by atoms with Crippen LogP contribution in [0.1, 0.15) is 19.4 Å². The van der Waals surface area contributed by atoms with Gasteiger partial charge in [-0.1, -0.05) is 12.1 Å². The fourth-order valence-electron chi connectivity index (χ4n) is 3.24. The van der Waals surface area contributed by atoms with Gasteiger partial charge in [-0.05, 0) is 37.6 Å². The molecule has 9 heteroatoms. The van der Waals surface area contributed by atoms with E-state index in [1.165, 1.54) is 4.31 Å². The van der Waals surface area contributed by atoms with Crippen molar-refractivity contribution >= 4 is 15.9 Å². The molecule has 1 aliphatic heterocycles. The largest absolute Gasteiger partial charge is 0.373 e. The minimum absolute atomic E-state index is 0.0899. The highest BCUT2D eigenvalue weighted by Crippen LogP contribution is 2.14. The van der Waals surface area contributed by atoms with Gasteiger partial charge in [-0.2, -0.15) is 9.40 Å². The smallest absolute Gasteiger partial charge is 0.224 e. The maximum Gasteiger partial charge on any atom is 0.224 e. The molecule has 0 bridgehead atoms. The van der Waals surface area contributed by atoms with Crippen molar-refractivity contribution in [3.63, 3.8) is 0 Å². The Bertz CT molecular complexity index is 871. The summed E-state index contributed by atoms with van der Waals surface area (Å²) in [6, 6.07) is 9.35. The number of carbonyl (C=O) groups excluding carboxylic acids is 1. The van der Waals surface area contributed by atoms with Crippen molar-refractivity contribution in [1.29, 1.82) is 0 Å².